The molecule has 5 aromatic rings. The van der Waals surface area contributed by atoms with E-state index in [0.29, 0.717) is 12.3 Å². The third kappa shape index (κ3) is 3.03. The van der Waals surface area contributed by atoms with Crippen LogP contribution in [-0.2, 0) is 6.42 Å². The van der Waals surface area contributed by atoms with Crippen LogP contribution in [0.2, 0.25) is 0 Å². The predicted molar refractivity (Wildman–Crippen MR) is 117 cm³/mol. The number of hydrogen-bond donors (Lipinski definition) is 0. The van der Waals surface area contributed by atoms with Gasteiger partial charge in [-0.1, -0.05) is 36.4 Å². The summed E-state index contributed by atoms with van der Waals surface area (Å²) in [6, 6.07) is 22.3. The largest absolute Gasteiger partial charge is 0.495 e. The Labute approximate surface area is 173 Å². The number of para-hydroxylation sites is 2. The van der Waals surface area contributed by atoms with Crippen molar-refractivity contribution < 1.29 is 9.47 Å². The van der Waals surface area contributed by atoms with Gasteiger partial charge in [-0.25, -0.2) is 4.98 Å². The van der Waals surface area contributed by atoms with E-state index in [9.17, 15) is 0 Å². The normalized spacial score (nSPS) is 11.1. The predicted octanol–water partition coefficient (Wildman–Crippen LogP) is 4.58. The molecule has 3 aromatic carbocycles. The second-order valence-corrected chi connectivity index (χ2v) is 6.99. The lowest BCUT2D eigenvalue weighted by atomic mass is 10.0. The average Bonchev–Trinajstić information content (AvgIpc) is 3.22. The Morgan fingerprint density at radius 3 is 2.47 bits per heavy atom. The van der Waals surface area contributed by atoms with Crippen LogP contribution >= 0.6 is 0 Å². The molecule has 2 aromatic heterocycles. The standard InChI is InChI=1S/C24H20N4O2/c1-29-23-10-6-5-9-22(23)28-15-25-20-14-16(11-12-21(20)28)13-19-17-7-3-4-8-18(17)24(30-2)27-26-19/h3-12,14-15H,13H2,1-2H3. The molecule has 0 amide bonds. The molecule has 0 aliphatic heterocycles. The fourth-order valence-corrected chi connectivity index (χ4v) is 3.80. The smallest absolute Gasteiger partial charge is 0.241 e. The third-order valence-electron chi connectivity index (χ3n) is 5.25. The molecule has 0 saturated carbocycles. The maximum Gasteiger partial charge on any atom is 0.241 e. The van der Waals surface area contributed by atoms with Crippen LogP contribution in [0.15, 0.2) is 73.1 Å². The molecule has 0 fully saturated rings. The van der Waals surface area contributed by atoms with Gasteiger partial charge in [-0.05, 0) is 35.9 Å². The topological polar surface area (TPSA) is 62.1 Å². The Bertz CT molecular complexity index is 1360. The van der Waals surface area contributed by atoms with E-state index >= 15 is 0 Å². The third-order valence-corrected chi connectivity index (χ3v) is 5.25. The van der Waals surface area contributed by atoms with Crippen molar-refractivity contribution in [3.8, 4) is 17.3 Å². The summed E-state index contributed by atoms with van der Waals surface area (Å²) < 4.78 is 12.9. The lowest BCUT2D eigenvalue weighted by Gasteiger charge is -2.10. The molecular formula is C24H20N4O2. The van der Waals surface area contributed by atoms with Gasteiger partial charge in [-0.2, -0.15) is 5.10 Å². The first-order valence-corrected chi connectivity index (χ1v) is 9.66. The molecule has 0 N–H and O–H groups in total. The first-order valence-electron chi connectivity index (χ1n) is 9.66. The number of rotatable bonds is 5. The summed E-state index contributed by atoms with van der Waals surface area (Å²) in [4.78, 5) is 4.61. The molecule has 0 bridgehead atoms. The van der Waals surface area contributed by atoms with E-state index in [4.69, 9.17) is 9.47 Å². The molecular weight excluding hydrogens is 376 g/mol. The minimum atomic E-state index is 0.542. The quantitative estimate of drug-likeness (QED) is 0.435. The van der Waals surface area contributed by atoms with E-state index in [2.05, 4.69) is 39.4 Å². The Morgan fingerprint density at radius 1 is 0.833 bits per heavy atom. The number of benzene rings is 3. The molecule has 0 unspecified atom stereocenters. The van der Waals surface area contributed by atoms with Crippen LogP contribution in [0, 0.1) is 0 Å². The molecule has 0 saturated heterocycles. The van der Waals surface area contributed by atoms with Crippen LogP contribution in [0.25, 0.3) is 27.5 Å². The summed E-state index contributed by atoms with van der Waals surface area (Å²) in [6.07, 6.45) is 2.49. The van der Waals surface area contributed by atoms with Crippen molar-refractivity contribution in [2.75, 3.05) is 14.2 Å². The van der Waals surface area contributed by atoms with Gasteiger partial charge < -0.3 is 9.47 Å². The monoisotopic (exact) mass is 396 g/mol. The van der Waals surface area contributed by atoms with Crippen molar-refractivity contribution in [3.05, 3.63) is 84.3 Å². The summed E-state index contributed by atoms with van der Waals surface area (Å²) in [5, 5.41) is 10.7. The lowest BCUT2D eigenvalue weighted by Crippen LogP contribution is -2.00. The van der Waals surface area contributed by atoms with Gasteiger partial charge in [0.15, 0.2) is 0 Å². The fourth-order valence-electron chi connectivity index (χ4n) is 3.80. The van der Waals surface area contributed by atoms with Crippen LogP contribution in [0.4, 0.5) is 0 Å². The number of aromatic nitrogens is 4. The van der Waals surface area contributed by atoms with Crippen LogP contribution in [-0.4, -0.2) is 34.0 Å². The molecule has 0 atom stereocenters. The van der Waals surface area contributed by atoms with Gasteiger partial charge in [0, 0.05) is 17.2 Å². The minimum Gasteiger partial charge on any atom is -0.495 e. The molecule has 0 aliphatic rings. The van der Waals surface area contributed by atoms with Gasteiger partial charge in [0.05, 0.1) is 36.6 Å². The summed E-state index contributed by atoms with van der Waals surface area (Å²) in [6.45, 7) is 0. The molecule has 5 rings (SSSR count). The molecule has 0 spiro atoms. The highest BCUT2D eigenvalue weighted by Crippen LogP contribution is 2.28. The lowest BCUT2D eigenvalue weighted by molar-refractivity contribution is 0.397. The zero-order valence-electron chi connectivity index (χ0n) is 16.7. The molecule has 0 radical (unpaired) electrons. The highest BCUT2D eigenvalue weighted by Gasteiger charge is 2.12. The van der Waals surface area contributed by atoms with E-state index in [-0.39, 0.29) is 0 Å². The van der Waals surface area contributed by atoms with E-state index in [1.54, 1.807) is 14.2 Å². The molecule has 6 nitrogen and oxygen atoms in total. The zero-order valence-corrected chi connectivity index (χ0v) is 16.7. The number of nitrogens with zero attached hydrogens (tertiary/aromatic N) is 4. The van der Waals surface area contributed by atoms with Crippen molar-refractivity contribution in [3.63, 3.8) is 0 Å². The molecule has 30 heavy (non-hydrogen) atoms. The van der Waals surface area contributed by atoms with Crippen molar-refractivity contribution >= 4 is 21.8 Å². The fraction of sp³-hybridized carbons (Fsp3) is 0.125. The van der Waals surface area contributed by atoms with Gasteiger partial charge in [0.25, 0.3) is 0 Å². The first kappa shape index (κ1) is 18.1. The molecule has 0 aliphatic carbocycles. The summed E-state index contributed by atoms with van der Waals surface area (Å²) >= 11 is 0. The highest BCUT2D eigenvalue weighted by molar-refractivity contribution is 5.88. The number of ether oxygens (including phenoxy) is 2. The summed E-state index contributed by atoms with van der Waals surface area (Å²) in [7, 11) is 3.29. The molecule has 148 valence electrons. The van der Waals surface area contributed by atoms with Gasteiger partial charge in [0.1, 0.15) is 12.1 Å². The Kier molecular flexibility index (Phi) is 4.52. The van der Waals surface area contributed by atoms with E-state index in [1.807, 2.05) is 53.4 Å². The first-order chi connectivity index (χ1) is 14.8. The minimum absolute atomic E-state index is 0.542. The number of hydrogen-bond acceptors (Lipinski definition) is 5. The molecule has 2 heterocycles. The number of methoxy groups -OCH3 is 2. The molecule has 6 heteroatoms. The van der Waals surface area contributed by atoms with E-state index in [1.165, 1.54) is 0 Å². The van der Waals surface area contributed by atoms with Crippen molar-refractivity contribution in [1.29, 1.82) is 0 Å². The van der Waals surface area contributed by atoms with E-state index < -0.39 is 0 Å². The Hall–Kier alpha value is -3.93. The van der Waals surface area contributed by atoms with Crippen molar-refractivity contribution in [2.45, 2.75) is 6.42 Å². The second-order valence-electron chi connectivity index (χ2n) is 6.99. The summed E-state index contributed by atoms with van der Waals surface area (Å²) in [5.41, 5.74) is 4.94. The van der Waals surface area contributed by atoms with Crippen LogP contribution in [0.5, 0.6) is 11.6 Å². The van der Waals surface area contributed by atoms with Crippen molar-refractivity contribution in [1.82, 2.24) is 19.7 Å². The van der Waals surface area contributed by atoms with Gasteiger partial charge in [-0.15, -0.1) is 5.10 Å². The van der Waals surface area contributed by atoms with E-state index in [0.717, 1.165) is 44.5 Å². The highest BCUT2D eigenvalue weighted by atomic mass is 16.5. The van der Waals surface area contributed by atoms with Gasteiger partial charge in [0.2, 0.25) is 5.88 Å². The van der Waals surface area contributed by atoms with Crippen LogP contribution in [0.3, 0.4) is 0 Å². The maximum atomic E-state index is 5.51. The van der Waals surface area contributed by atoms with Crippen molar-refractivity contribution in [2.24, 2.45) is 0 Å². The zero-order chi connectivity index (χ0) is 20.5. The Balaban J connectivity index is 1.54. The Morgan fingerprint density at radius 2 is 1.63 bits per heavy atom. The van der Waals surface area contributed by atoms with Crippen LogP contribution in [0.1, 0.15) is 11.3 Å². The average molecular weight is 396 g/mol. The number of imidazole rings is 1. The SMILES string of the molecule is COc1ccccc1-n1cnc2cc(Cc3nnc(OC)c4ccccc34)ccc21. The maximum absolute atomic E-state index is 5.51. The number of fused-ring (bicyclic) bond motifs is 2. The van der Waals surface area contributed by atoms with Gasteiger partial charge >= 0.3 is 0 Å². The van der Waals surface area contributed by atoms with Crippen LogP contribution < -0.4 is 9.47 Å². The summed E-state index contributed by atoms with van der Waals surface area (Å²) in [5.74, 6) is 1.35. The second kappa shape index (κ2) is 7.48. The van der Waals surface area contributed by atoms with Gasteiger partial charge in [-0.3, -0.25) is 4.57 Å².